The fraction of sp³-hybridized carbons (Fsp3) is 1.00. The van der Waals surface area contributed by atoms with E-state index < -0.39 is 0 Å². The van der Waals surface area contributed by atoms with E-state index in [-0.39, 0.29) is 0 Å². The Bertz CT molecular complexity index is 103. The molecule has 2 rings (SSSR count). The number of rotatable bonds is 0. The first kappa shape index (κ1) is 4.77. The fourth-order valence-electron chi connectivity index (χ4n) is 1.68. The topological polar surface area (TPSA) is 35.2 Å². The zero-order valence-electron chi connectivity index (χ0n) is 4.84. The molecule has 2 nitrogen and oxygen atoms in total. The molecule has 8 heavy (non-hydrogen) atoms. The van der Waals surface area contributed by atoms with E-state index in [1.54, 1.807) is 0 Å². The largest absolute Gasteiger partial charge is 0.373 e. The summed E-state index contributed by atoms with van der Waals surface area (Å²) in [7, 11) is 0. The molecule has 2 heterocycles. The zero-order valence-corrected chi connectivity index (χ0v) is 4.84. The van der Waals surface area contributed by atoms with Crippen molar-refractivity contribution in [2.45, 2.75) is 37.5 Å². The Labute approximate surface area is 49.0 Å². The summed E-state index contributed by atoms with van der Waals surface area (Å²) in [5, 5.41) is 0. The standard InChI is InChI=1S/C6H11NO/c7-5-3-4-1-2-6(5)8-4/h4-6H,1-3,7H2. The molecule has 0 aliphatic carbocycles. The summed E-state index contributed by atoms with van der Waals surface area (Å²) in [4.78, 5) is 0. The minimum Gasteiger partial charge on any atom is -0.373 e. The normalized spacial score (nSPS) is 52.9. The first-order chi connectivity index (χ1) is 3.86. The highest BCUT2D eigenvalue weighted by atomic mass is 16.5. The number of fused-ring (bicyclic) bond motifs is 2. The average molecular weight is 113 g/mol. The van der Waals surface area contributed by atoms with E-state index in [4.69, 9.17) is 10.5 Å². The molecule has 46 valence electrons. The fourth-order valence-corrected chi connectivity index (χ4v) is 1.68. The second kappa shape index (κ2) is 1.45. The van der Waals surface area contributed by atoms with Crippen LogP contribution in [-0.2, 0) is 4.74 Å². The van der Waals surface area contributed by atoms with Gasteiger partial charge in [0.15, 0.2) is 0 Å². The van der Waals surface area contributed by atoms with Crippen LogP contribution in [0.25, 0.3) is 0 Å². The Hall–Kier alpha value is -0.0800. The molecule has 0 amide bonds. The van der Waals surface area contributed by atoms with Gasteiger partial charge in [-0.25, -0.2) is 0 Å². The highest BCUT2D eigenvalue weighted by molar-refractivity contribution is 4.91. The maximum atomic E-state index is 5.69. The van der Waals surface area contributed by atoms with Gasteiger partial charge >= 0.3 is 0 Å². The van der Waals surface area contributed by atoms with E-state index in [1.807, 2.05) is 0 Å². The molecule has 2 aliphatic heterocycles. The van der Waals surface area contributed by atoms with Gasteiger partial charge in [-0.05, 0) is 19.3 Å². The predicted octanol–water partition coefficient (Wildman–Crippen LogP) is 0.265. The summed E-state index contributed by atoms with van der Waals surface area (Å²) < 4.78 is 5.46. The van der Waals surface area contributed by atoms with Gasteiger partial charge < -0.3 is 10.5 Å². The first-order valence-electron chi connectivity index (χ1n) is 3.27. The quantitative estimate of drug-likeness (QED) is 0.489. The summed E-state index contributed by atoms with van der Waals surface area (Å²) in [6.07, 6.45) is 4.49. The third kappa shape index (κ3) is 0.501. The van der Waals surface area contributed by atoms with Crippen LogP contribution in [0, 0.1) is 0 Å². The molecule has 0 radical (unpaired) electrons. The number of hydrogen-bond donors (Lipinski definition) is 1. The number of nitrogens with two attached hydrogens (primary N) is 1. The van der Waals surface area contributed by atoms with Gasteiger partial charge in [-0.15, -0.1) is 0 Å². The van der Waals surface area contributed by atoms with Crippen molar-refractivity contribution in [1.29, 1.82) is 0 Å². The first-order valence-corrected chi connectivity index (χ1v) is 3.27. The van der Waals surface area contributed by atoms with E-state index in [2.05, 4.69) is 0 Å². The SMILES string of the molecule is NC1CC2CCC1O2. The monoisotopic (exact) mass is 113 g/mol. The van der Waals surface area contributed by atoms with Crippen molar-refractivity contribution >= 4 is 0 Å². The van der Waals surface area contributed by atoms with E-state index >= 15 is 0 Å². The highest BCUT2D eigenvalue weighted by Gasteiger charge is 2.38. The molecular formula is C6H11NO. The second-order valence-electron chi connectivity index (χ2n) is 2.77. The van der Waals surface area contributed by atoms with Gasteiger partial charge in [0.25, 0.3) is 0 Å². The van der Waals surface area contributed by atoms with Crippen molar-refractivity contribution in [2.75, 3.05) is 0 Å². The lowest BCUT2D eigenvalue weighted by atomic mass is 9.97. The van der Waals surface area contributed by atoms with E-state index in [9.17, 15) is 0 Å². The molecule has 3 atom stereocenters. The molecule has 2 bridgehead atoms. The Kier molecular flexibility index (Phi) is 0.866. The Balaban J connectivity index is 2.11. The van der Waals surface area contributed by atoms with Crippen LogP contribution in [0.2, 0.25) is 0 Å². The van der Waals surface area contributed by atoms with Crippen molar-refractivity contribution in [3.8, 4) is 0 Å². The second-order valence-corrected chi connectivity index (χ2v) is 2.77. The zero-order chi connectivity index (χ0) is 5.56. The summed E-state index contributed by atoms with van der Waals surface area (Å²) in [5.74, 6) is 0. The molecule has 2 saturated heterocycles. The lowest BCUT2D eigenvalue weighted by Crippen LogP contribution is -2.30. The third-order valence-electron chi connectivity index (χ3n) is 2.15. The lowest BCUT2D eigenvalue weighted by molar-refractivity contribution is 0.101. The number of hydrogen-bond acceptors (Lipinski definition) is 2. The summed E-state index contributed by atoms with van der Waals surface area (Å²) in [6.45, 7) is 0. The summed E-state index contributed by atoms with van der Waals surface area (Å²) in [5.41, 5.74) is 5.69. The predicted molar refractivity (Wildman–Crippen MR) is 30.5 cm³/mol. The third-order valence-corrected chi connectivity index (χ3v) is 2.15. The summed E-state index contributed by atoms with van der Waals surface area (Å²) >= 11 is 0. The molecule has 3 unspecified atom stereocenters. The molecule has 2 N–H and O–H groups in total. The van der Waals surface area contributed by atoms with Gasteiger partial charge in [0.1, 0.15) is 0 Å². The van der Waals surface area contributed by atoms with Crippen molar-refractivity contribution in [2.24, 2.45) is 5.73 Å². The van der Waals surface area contributed by atoms with Gasteiger partial charge in [0, 0.05) is 6.04 Å². The molecule has 2 fully saturated rings. The molecule has 0 aromatic heterocycles. The maximum absolute atomic E-state index is 5.69. The van der Waals surface area contributed by atoms with Crippen LogP contribution in [0.3, 0.4) is 0 Å². The lowest BCUT2D eigenvalue weighted by Gasteiger charge is -2.11. The minimum absolute atomic E-state index is 0.355. The Morgan fingerprint density at radius 1 is 1.38 bits per heavy atom. The van der Waals surface area contributed by atoms with Crippen molar-refractivity contribution < 1.29 is 4.74 Å². The molecule has 0 aromatic rings. The molecule has 0 aromatic carbocycles. The smallest absolute Gasteiger partial charge is 0.0731 e. The van der Waals surface area contributed by atoms with Crippen LogP contribution in [0.5, 0.6) is 0 Å². The van der Waals surface area contributed by atoms with Crippen molar-refractivity contribution in [1.82, 2.24) is 0 Å². The maximum Gasteiger partial charge on any atom is 0.0731 e. The van der Waals surface area contributed by atoms with Crippen LogP contribution in [0.15, 0.2) is 0 Å². The molecule has 2 aliphatic rings. The van der Waals surface area contributed by atoms with E-state index in [0.717, 1.165) is 6.42 Å². The molecule has 2 heteroatoms. The molecule has 0 saturated carbocycles. The summed E-state index contributed by atoms with van der Waals surface area (Å²) in [6, 6.07) is 0.355. The average Bonchev–Trinajstić information content (AvgIpc) is 2.23. The van der Waals surface area contributed by atoms with E-state index in [0.29, 0.717) is 18.2 Å². The van der Waals surface area contributed by atoms with Crippen molar-refractivity contribution in [3.05, 3.63) is 0 Å². The minimum atomic E-state index is 0.355. The van der Waals surface area contributed by atoms with Crippen LogP contribution in [-0.4, -0.2) is 18.2 Å². The van der Waals surface area contributed by atoms with Gasteiger partial charge in [0.05, 0.1) is 12.2 Å². The van der Waals surface area contributed by atoms with Gasteiger partial charge in [0.2, 0.25) is 0 Å². The highest BCUT2D eigenvalue weighted by Crippen LogP contribution is 2.32. The van der Waals surface area contributed by atoms with Gasteiger partial charge in [-0.1, -0.05) is 0 Å². The van der Waals surface area contributed by atoms with Crippen molar-refractivity contribution in [3.63, 3.8) is 0 Å². The van der Waals surface area contributed by atoms with Crippen LogP contribution in [0.4, 0.5) is 0 Å². The van der Waals surface area contributed by atoms with Crippen LogP contribution in [0.1, 0.15) is 19.3 Å². The van der Waals surface area contributed by atoms with Gasteiger partial charge in [-0.2, -0.15) is 0 Å². The van der Waals surface area contributed by atoms with E-state index in [1.165, 1.54) is 12.8 Å². The van der Waals surface area contributed by atoms with Gasteiger partial charge in [-0.3, -0.25) is 0 Å². The molecule has 0 spiro atoms. The van der Waals surface area contributed by atoms with Crippen LogP contribution < -0.4 is 5.73 Å². The number of ether oxygens (including phenoxy) is 1. The Morgan fingerprint density at radius 3 is 2.50 bits per heavy atom. The molecular weight excluding hydrogens is 102 g/mol. The Morgan fingerprint density at radius 2 is 2.25 bits per heavy atom. The van der Waals surface area contributed by atoms with Crippen LogP contribution >= 0.6 is 0 Å².